The topological polar surface area (TPSA) is 83.1 Å². The number of rotatable bonds is 7. The number of carbonyl (C=O) groups is 1. The molecule has 0 bridgehead atoms. The van der Waals surface area contributed by atoms with Gasteiger partial charge in [0.25, 0.3) is 0 Å². The summed E-state index contributed by atoms with van der Waals surface area (Å²) in [5.41, 5.74) is 3.95. The number of aromatic nitrogens is 3. The van der Waals surface area contributed by atoms with E-state index in [-0.39, 0.29) is 5.91 Å². The number of H-pyrrole nitrogens is 1. The van der Waals surface area contributed by atoms with Gasteiger partial charge in [0.2, 0.25) is 5.91 Å². The van der Waals surface area contributed by atoms with Gasteiger partial charge < -0.3 is 15.0 Å². The van der Waals surface area contributed by atoms with Crippen LogP contribution in [-0.2, 0) is 11.3 Å². The zero-order chi connectivity index (χ0) is 24.2. The van der Waals surface area contributed by atoms with E-state index in [2.05, 4.69) is 51.0 Å². The van der Waals surface area contributed by atoms with Gasteiger partial charge in [-0.3, -0.25) is 9.69 Å². The number of hydrogen-bond donors (Lipinski definition) is 2. The first-order chi connectivity index (χ1) is 17.1. The van der Waals surface area contributed by atoms with Gasteiger partial charge >= 0.3 is 0 Å². The molecule has 1 aliphatic heterocycles. The number of hydrogen-bond acceptors (Lipinski definition) is 5. The van der Waals surface area contributed by atoms with E-state index in [0.717, 1.165) is 12.1 Å². The maximum Gasteiger partial charge on any atom is 0.247 e. The van der Waals surface area contributed by atoms with Crippen molar-refractivity contribution >= 4 is 34.4 Å². The van der Waals surface area contributed by atoms with Gasteiger partial charge in [0.05, 0.1) is 6.20 Å². The molecule has 0 saturated carbocycles. The quantitative estimate of drug-likeness (QED) is 0.304. The maximum absolute atomic E-state index is 11.6. The lowest BCUT2D eigenvalue weighted by Crippen LogP contribution is -2.28. The number of imidazole rings is 1. The summed E-state index contributed by atoms with van der Waals surface area (Å²) in [6.45, 7) is 6.78. The Labute approximate surface area is 208 Å². The minimum absolute atomic E-state index is 0.301. The molecule has 4 aromatic rings. The summed E-state index contributed by atoms with van der Waals surface area (Å²) in [5, 5.41) is 3.06. The van der Waals surface area contributed by atoms with Crippen molar-refractivity contribution < 1.29 is 9.53 Å². The highest BCUT2D eigenvalue weighted by Gasteiger charge is 2.16. The average molecular weight is 488 g/mol. The zero-order valence-corrected chi connectivity index (χ0v) is 20.0. The van der Waals surface area contributed by atoms with E-state index < -0.39 is 0 Å². The number of piperidine rings is 1. The standard InChI is InChI=1S/C27H26ClN5O2/c1-2-23(34)30-20-7-6-8-21(15-20)35-25-22(28)16-29-27-24(25)31-26(32-27)19-11-9-18(10-12-19)17-33-13-4-3-5-14-33/h2,6-12,15-16H,1,3-5,13-14,17H2,(H,30,34)(H,29,31,32). The molecular formula is C27H26ClN5O2. The van der Waals surface area contributed by atoms with E-state index in [4.69, 9.17) is 21.3 Å². The maximum atomic E-state index is 11.6. The molecule has 3 heterocycles. The normalized spacial score (nSPS) is 14.1. The number of likely N-dealkylation sites (tertiary alicyclic amines) is 1. The van der Waals surface area contributed by atoms with Crippen molar-refractivity contribution in [3.8, 4) is 22.9 Å². The number of anilines is 1. The van der Waals surface area contributed by atoms with Crippen molar-refractivity contribution in [2.24, 2.45) is 0 Å². The first-order valence-electron chi connectivity index (χ1n) is 11.7. The van der Waals surface area contributed by atoms with E-state index in [1.165, 1.54) is 50.2 Å². The van der Waals surface area contributed by atoms with E-state index in [0.29, 0.717) is 39.2 Å². The first kappa shape index (κ1) is 23.1. The average Bonchev–Trinajstić information content (AvgIpc) is 3.32. The fraction of sp³-hybridized carbons (Fsp3) is 0.222. The van der Waals surface area contributed by atoms with Crippen LogP contribution in [0.1, 0.15) is 24.8 Å². The smallest absolute Gasteiger partial charge is 0.247 e. The van der Waals surface area contributed by atoms with E-state index >= 15 is 0 Å². The number of benzene rings is 2. The minimum Gasteiger partial charge on any atom is -0.453 e. The Hall–Kier alpha value is -3.68. The number of fused-ring (bicyclic) bond motifs is 1. The summed E-state index contributed by atoms with van der Waals surface area (Å²) in [6.07, 6.45) is 6.65. The molecule has 5 rings (SSSR count). The zero-order valence-electron chi connectivity index (χ0n) is 19.3. The van der Waals surface area contributed by atoms with Crippen molar-refractivity contribution in [1.29, 1.82) is 0 Å². The Morgan fingerprint density at radius 2 is 1.97 bits per heavy atom. The number of halogens is 1. The second-order valence-corrected chi connectivity index (χ2v) is 8.98. The molecule has 0 radical (unpaired) electrons. The second kappa shape index (κ2) is 10.3. The molecule has 178 valence electrons. The summed E-state index contributed by atoms with van der Waals surface area (Å²) >= 11 is 6.44. The van der Waals surface area contributed by atoms with Crippen LogP contribution in [0, 0.1) is 0 Å². The molecule has 0 unspecified atom stereocenters. The molecular weight excluding hydrogens is 462 g/mol. The van der Waals surface area contributed by atoms with Crippen molar-refractivity contribution in [2.75, 3.05) is 18.4 Å². The Morgan fingerprint density at radius 3 is 2.74 bits per heavy atom. The van der Waals surface area contributed by atoms with Gasteiger partial charge in [0.1, 0.15) is 16.6 Å². The molecule has 2 aromatic heterocycles. The summed E-state index contributed by atoms with van der Waals surface area (Å²) in [7, 11) is 0. The van der Waals surface area contributed by atoms with Gasteiger partial charge in [-0.15, -0.1) is 0 Å². The van der Waals surface area contributed by atoms with Crippen molar-refractivity contribution in [3.05, 3.63) is 78.0 Å². The van der Waals surface area contributed by atoms with Crippen LogP contribution >= 0.6 is 11.6 Å². The molecule has 2 aromatic carbocycles. The molecule has 1 aliphatic rings. The van der Waals surface area contributed by atoms with E-state index in [9.17, 15) is 4.79 Å². The number of nitrogens with zero attached hydrogens (tertiary/aromatic N) is 3. The van der Waals surface area contributed by atoms with Gasteiger partial charge in [-0.25, -0.2) is 9.97 Å². The second-order valence-electron chi connectivity index (χ2n) is 8.57. The highest BCUT2D eigenvalue weighted by Crippen LogP contribution is 2.36. The fourth-order valence-corrected chi connectivity index (χ4v) is 4.41. The van der Waals surface area contributed by atoms with Gasteiger partial charge in [-0.05, 0) is 49.7 Å². The van der Waals surface area contributed by atoms with Crippen LogP contribution in [0.4, 0.5) is 5.69 Å². The number of nitrogens with one attached hydrogen (secondary N) is 2. The Balaban J connectivity index is 1.39. The SMILES string of the molecule is C=CC(=O)Nc1cccc(Oc2c(Cl)cnc3[nH]c(-c4ccc(CN5CCCCC5)cc4)nc23)c1. The molecule has 0 aliphatic carbocycles. The lowest BCUT2D eigenvalue weighted by molar-refractivity contribution is -0.111. The van der Waals surface area contributed by atoms with Crippen LogP contribution in [0.2, 0.25) is 5.02 Å². The molecule has 8 heteroatoms. The van der Waals surface area contributed by atoms with Gasteiger partial charge in [0, 0.05) is 23.9 Å². The minimum atomic E-state index is -0.301. The number of aromatic amines is 1. The largest absolute Gasteiger partial charge is 0.453 e. The van der Waals surface area contributed by atoms with Crippen molar-refractivity contribution in [1.82, 2.24) is 19.9 Å². The summed E-state index contributed by atoms with van der Waals surface area (Å²) in [5.74, 6) is 1.29. The fourth-order valence-electron chi connectivity index (χ4n) is 4.23. The molecule has 35 heavy (non-hydrogen) atoms. The lowest BCUT2D eigenvalue weighted by atomic mass is 10.1. The Morgan fingerprint density at radius 1 is 1.17 bits per heavy atom. The van der Waals surface area contributed by atoms with E-state index in [1.54, 1.807) is 24.3 Å². The first-order valence-corrected chi connectivity index (χ1v) is 12.0. The number of carbonyl (C=O) groups excluding carboxylic acids is 1. The monoisotopic (exact) mass is 487 g/mol. The Bertz CT molecular complexity index is 1360. The summed E-state index contributed by atoms with van der Waals surface area (Å²) in [4.78, 5) is 26.5. The molecule has 7 nitrogen and oxygen atoms in total. The highest BCUT2D eigenvalue weighted by atomic mass is 35.5. The molecule has 0 spiro atoms. The predicted octanol–water partition coefficient (Wildman–Crippen LogP) is 6.18. The molecule has 1 saturated heterocycles. The molecule has 1 amide bonds. The van der Waals surface area contributed by atoms with Crippen LogP contribution in [0.3, 0.4) is 0 Å². The van der Waals surface area contributed by atoms with Crippen LogP contribution in [0.15, 0.2) is 67.4 Å². The van der Waals surface area contributed by atoms with E-state index in [1.807, 2.05) is 0 Å². The third-order valence-corrected chi connectivity index (χ3v) is 6.28. The number of amides is 1. The van der Waals surface area contributed by atoms with Crippen molar-refractivity contribution in [3.63, 3.8) is 0 Å². The van der Waals surface area contributed by atoms with Gasteiger partial charge in [-0.2, -0.15) is 0 Å². The Kier molecular flexibility index (Phi) is 6.79. The molecule has 0 atom stereocenters. The number of ether oxygens (including phenoxy) is 1. The third-order valence-electron chi connectivity index (χ3n) is 6.01. The van der Waals surface area contributed by atoms with Gasteiger partial charge in [-0.1, -0.05) is 54.9 Å². The predicted molar refractivity (Wildman–Crippen MR) is 139 cm³/mol. The van der Waals surface area contributed by atoms with Crippen molar-refractivity contribution in [2.45, 2.75) is 25.8 Å². The van der Waals surface area contributed by atoms with Crippen LogP contribution in [0.5, 0.6) is 11.5 Å². The highest BCUT2D eigenvalue weighted by molar-refractivity contribution is 6.32. The van der Waals surface area contributed by atoms with Gasteiger partial charge in [0.15, 0.2) is 16.9 Å². The lowest BCUT2D eigenvalue weighted by Gasteiger charge is -2.26. The summed E-state index contributed by atoms with van der Waals surface area (Å²) < 4.78 is 6.09. The number of pyridine rings is 1. The van der Waals surface area contributed by atoms with Crippen LogP contribution in [0.25, 0.3) is 22.6 Å². The van der Waals surface area contributed by atoms with Crippen LogP contribution in [-0.4, -0.2) is 38.8 Å². The van der Waals surface area contributed by atoms with Crippen LogP contribution < -0.4 is 10.1 Å². The molecule has 1 fully saturated rings. The summed E-state index contributed by atoms with van der Waals surface area (Å²) in [6, 6.07) is 15.5. The third kappa shape index (κ3) is 5.37. The molecule has 2 N–H and O–H groups in total.